The van der Waals surface area contributed by atoms with Crippen molar-refractivity contribution in [2.75, 3.05) is 11.9 Å². The lowest BCUT2D eigenvalue weighted by molar-refractivity contribution is 0.671. The van der Waals surface area contributed by atoms with Crippen LogP contribution in [0.25, 0.3) is 21.9 Å². The van der Waals surface area contributed by atoms with Crippen molar-refractivity contribution in [3.05, 3.63) is 66.2 Å². The van der Waals surface area contributed by atoms with Crippen LogP contribution in [0.4, 0.5) is 11.4 Å². The fraction of sp³-hybridized carbons (Fsp3) is 0.280. The third-order valence-corrected chi connectivity index (χ3v) is 7.63. The number of anilines is 2. The first kappa shape index (κ1) is 18.8. The number of benzene rings is 3. The van der Waals surface area contributed by atoms with E-state index in [4.69, 9.17) is 4.42 Å². The molecule has 2 nitrogen and oxygen atoms in total. The van der Waals surface area contributed by atoms with Crippen molar-refractivity contribution < 1.29 is 4.42 Å². The Morgan fingerprint density at radius 1 is 0.786 bits per heavy atom. The van der Waals surface area contributed by atoms with Gasteiger partial charge in [-0.2, -0.15) is 0 Å². The van der Waals surface area contributed by atoms with Crippen LogP contribution in [-0.4, -0.2) is 15.1 Å². The molecule has 0 spiro atoms. The van der Waals surface area contributed by atoms with Gasteiger partial charge in [-0.15, -0.1) is 0 Å². The average Bonchev–Trinajstić information content (AvgIpc) is 3.05. The van der Waals surface area contributed by atoms with Gasteiger partial charge in [0.15, 0.2) is 5.58 Å². The molecule has 4 rings (SSSR count). The Labute approximate surface area is 168 Å². The summed E-state index contributed by atoms with van der Waals surface area (Å²) in [6.45, 7) is 11.6. The molecule has 0 unspecified atom stereocenters. The molecule has 1 heterocycles. The maximum atomic E-state index is 6.54. The summed E-state index contributed by atoms with van der Waals surface area (Å²) < 4.78 is 6.54. The first-order valence-electron chi connectivity index (χ1n) is 10.1. The molecule has 0 radical (unpaired) electrons. The first-order valence-corrected chi connectivity index (χ1v) is 13.6. The van der Waals surface area contributed by atoms with Gasteiger partial charge < -0.3 is 9.32 Å². The second kappa shape index (κ2) is 6.82. The molecule has 0 fully saturated rings. The molecule has 3 aromatic carbocycles. The Balaban J connectivity index is 1.88. The summed E-state index contributed by atoms with van der Waals surface area (Å²) in [6.07, 6.45) is 0. The van der Waals surface area contributed by atoms with E-state index in [-0.39, 0.29) is 0 Å². The molecule has 1 aromatic heterocycles. The van der Waals surface area contributed by atoms with Gasteiger partial charge in [0, 0.05) is 23.5 Å². The van der Waals surface area contributed by atoms with Crippen molar-refractivity contribution in [3.63, 3.8) is 0 Å². The van der Waals surface area contributed by atoms with Crippen LogP contribution in [0.3, 0.4) is 0 Å². The van der Waals surface area contributed by atoms with E-state index in [1.165, 1.54) is 27.2 Å². The van der Waals surface area contributed by atoms with Crippen molar-refractivity contribution in [3.8, 4) is 0 Å². The molecule has 0 amide bonds. The van der Waals surface area contributed by atoms with Crippen molar-refractivity contribution in [2.24, 2.45) is 0 Å². The molecule has 0 aliphatic rings. The Hall–Kier alpha value is -2.52. The maximum absolute atomic E-state index is 6.54. The van der Waals surface area contributed by atoms with Gasteiger partial charge in [-0.05, 0) is 34.9 Å². The van der Waals surface area contributed by atoms with E-state index in [1.54, 1.807) is 0 Å². The van der Waals surface area contributed by atoms with E-state index >= 15 is 0 Å². The lowest BCUT2D eigenvalue weighted by Crippen LogP contribution is -2.37. The molecular formula is C25H29NOSi. The fourth-order valence-corrected chi connectivity index (χ4v) is 5.35. The topological polar surface area (TPSA) is 16.4 Å². The van der Waals surface area contributed by atoms with Gasteiger partial charge in [0.1, 0.15) is 5.58 Å². The SMILES string of the molecule is CC(C)c1ccc(N(C)c2cccc3c2oc2c([Si](C)(C)C)cccc23)cc1. The summed E-state index contributed by atoms with van der Waals surface area (Å²) in [5.74, 6) is 0.540. The van der Waals surface area contributed by atoms with E-state index in [0.717, 1.165) is 16.9 Å². The van der Waals surface area contributed by atoms with E-state index in [2.05, 4.69) is 106 Å². The molecule has 0 bridgehead atoms. The number of nitrogens with zero attached hydrogens (tertiary/aromatic N) is 1. The van der Waals surface area contributed by atoms with Crippen molar-refractivity contribution >= 4 is 46.6 Å². The number of hydrogen-bond acceptors (Lipinski definition) is 2. The van der Waals surface area contributed by atoms with Crippen LogP contribution >= 0.6 is 0 Å². The van der Waals surface area contributed by atoms with Crippen LogP contribution in [0.15, 0.2) is 65.1 Å². The quantitative estimate of drug-likeness (QED) is 0.350. The minimum absolute atomic E-state index is 0.540. The Morgan fingerprint density at radius 3 is 2.00 bits per heavy atom. The number of rotatable bonds is 4. The summed E-state index contributed by atoms with van der Waals surface area (Å²) in [6, 6.07) is 21.9. The third kappa shape index (κ3) is 3.14. The molecule has 28 heavy (non-hydrogen) atoms. The summed E-state index contributed by atoms with van der Waals surface area (Å²) in [5, 5.41) is 3.80. The normalized spacial score (nSPS) is 12.2. The monoisotopic (exact) mass is 387 g/mol. The predicted molar refractivity (Wildman–Crippen MR) is 125 cm³/mol. The zero-order valence-corrected chi connectivity index (χ0v) is 18.7. The number of fused-ring (bicyclic) bond motifs is 3. The van der Waals surface area contributed by atoms with Gasteiger partial charge in [0.25, 0.3) is 0 Å². The van der Waals surface area contributed by atoms with E-state index in [9.17, 15) is 0 Å². The van der Waals surface area contributed by atoms with Gasteiger partial charge in [-0.1, -0.05) is 76.0 Å². The second-order valence-corrected chi connectivity index (χ2v) is 14.0. The molecule has 3 heteroatoms. The highest BCUT2D eigenvalue weighted by Gasteiger charge is 2.23. The molecule has 0 aliphatic heterocycles. The summed E-state index contributed by atoms with van der Waals surface area (Å²) in [7, 11) is 0.623. The maximum Gasteiger partial charge on any atom is 0.159 e. The highest BCUT2D eigenvalue weighted by molar-refractivity contribution is 6.90. The molecular weight excluding hydrogens is 358 g/mol. The molecule has 0 aliphatic carbocycles. The standard InChI is InChI=1S/C25H29NOSi/c1-17(2)18-13-15-19(16-14-18)26(3)22-11-7-9-20-21-10-8-12-23(28(4,5)6)25(21)27-24(20)22/h7-17H,1-6H3. The van der Waals surface area contributed by atoms with Crippen LogP contribution in [0.1, 0.15) is 25.3 Å². The summed E-state index contributed by atoms with van der Waals surface area (Å²) in [4.78, 5) is 2.23. The first-order chi connectivity index (χ1) is 13.3. The second-order valence-electron chi connectivity index (χ2n) is 8.99. The van der Waals surface area contributed by atoms with Crippen molar-refractivity contribution in [1.82, 2.24) is 0 Å². The highest BCUT2D eigenvalue weighted by Crippen LogP contribution is 2.37. The zero-order valence-electron chi connectivity index (χ0n) is 17.7. The van der Waals surface area contributed by atoms with Crippen molar-refractivity contribution in [1.29, 1.82) is 0 Å². The van der Waals surface area contributed by atoms with Crippen LogP contribution in [0.5, 0.6) is 0 Å². The zero-order chi connectivity index (χ0) is 20.1. The molecule has 0 saturated heterocycles. The highest BCUT2D eigenvalue weighted by atomic mass is 28.3. The average molecular weight is 388 g/mol. The molecule has 4 aromatic rings. The van der Waals surface area contributed by atoms with Crippen molar-refractivity contribution in [2.45, 2.75) is 39.4 Å². The number of hydrogen-bond donors (Lipinski definition) is 0. The molecule has 144 valence electrons. The lowest BCUT2D eigenvalue weighted by atomic mass is 10.0. The van der Waals surface area contributed by atoms with E-state index < -0.39 is 8.07 Å². The Morgan fingerprint density at radius 2 is 1.39 bits per heavy atom. The minimum Gasteiger partial charge on any atom is -0.454 e. The fourth-order valence-electron chi connectivity index (χ4n) is 3.88. The molecule has 0 atom stereocenters. The van der Waals surface area contributed by atoms with Crippen LogP contribution in [-0.2, 0) is 0 Å². The largest absolute Gasteiger partial charge is 0.454 e. The predicted octanol–water partition coefficient (Wildman–Crippen LogP) is 7.02. The Bertz CT molecular complexity index is 1130. The number of furan rings is 1. The third-order valence-electron chi connectivity index (χ3n) is 5.62. The smallest absolute Gasteiger partial charge is 0.159 e. The van der Waals surface area contributed by atoms with Gasteiger partial charge in [0.2, 0.25) is 0 Å². The van der Waals surface area contributed by atoms with Gasteiger partial charge >= 0.3 is 0 Å². The van der Waals surface area contributed by atoms with E-state index in [1.807, 2.05) is 0 Å². The molecule has 0 saturated carbocycles. The minimum atomic E-state index is -1.49. The van der Waals surface area contributed by atoms with Gasteiger partial charge in [-0.3, -0.25) is 0 Å². The van der Waals surface area contributed by atoms with Crippen LogP contribution in [0.2, 0.25) is 19.6 Å². The Kier molecular flexibility index (Phi) is 4.58. The molecule has 0 N–H and O–H groups in total. The summed E-state index contributed by atoms with van der Waals surface area (Å²) >= 11 is 0. The van der Waals surface area contributed by atoms with Crippen LogP contribution < -0.4 is 10.1 Å². The van der Waals surface area contributed by atoms with Gasteiger partial charge in [-0.25, -0.2) is 0 Å². The van der Waals surface area contributed by atoms with Gasteiger partial charge in [0.05, 0.1) is 13.8 Å². The van der Waals surface area contributed by atoms with E-state index in [0.29, 0.717) is 5.92 Å². The number of para-hydroxylation sites is 2. The van der Waals surface area contributed by atoms with Crippen LogP contribution in [0, 0.1) is 0 Å². The lowest BCUT2D eigenvalue weighted by Gasteiger charge is -2.20. The summed E-state index contributed by atoms with van der Waals surface area (Å²) in [5.41, 5.74) is 5.67.